The van der Waals surface area contributed by atoms with Gasteiger partial charge in [-0.05, 0) is 42.3 Å². The molecule has 4 aromatic rings. The van der Waals surface area contributed by atoms with Gasteiger partial charge >= 0.3 is 0 Å². The Hall–Kier alpha value is -3.13. The Bertz CT molecular complexity index is 898. The van der Waals surface area contributed by atoms with Crippen molar-refractivity contribution in [3.63, 3.8) is 0 Å². The van der Waals surface area contributed by atoms with Crippen molar-refractivity contribution in [1.82, 2.24) is 4.98 Å². The summed E-state index contributed by atoms with van der Waals surface area (Å²) in [5.74, 6) is 1.68. The fraction of sp³-hybridized carbons (Fsp3) is 0.0455. The molecule has 0 saturated heterocycles. The molecular formula is C22H17NO. The lowest BCUT2D eigenvalue weighted by atomic mass is 10.0. The number of pyridine rings is 1. The number of benzene rings is 2. The number of aromatic nitrogens is 1. The monoisotopic (exact) mass is 311 g/mol. The van der Waals surface area contributed by atoms with E-state index in [0.29, 0.717) is 0 Å². The van der Waals surface area contributed by atoms with Crippen LogP contribution in [0, 0.1) is 6.92 Å². The lowest BCUT2D eigenvalue weighted by Crippen LogP contribution is -1.90. The van der Waals surface area contributed by atoms with Gasteiger partial charge in [0.25, 0.3) is 0 Å². The van der Waals surface area contributed by atoms with Crippen molar-refractivity contribution in [2.45, 2.75) is 6.92 Å². The van der Waals surface area contributed by atoms with Gasteiger partial charge in [-0.15, -0.1) is 0 Å². The summed E-state index contributed by atoms with van der Waals surface area (Å²) in [5.41, 5.74) is 5.19. The molecule has 4 rings (SSSR count). The summed E-state index contributed by atoms with van der Waals surface area (Å²) >= 11 is 0. The molecule has 0 radical (unpaired) electrons. The first-order valence-electron chi connectivity index (χ1n) is 7.99. The lowest BCUT2D eigenvalue weighted by molar-refractivity contribution is 0.546. The summed E-state index contributed by atoms with van der Waals surface area (Å²) in [6, 6.07) is 28.7. The van der Waals surface area contributed by atoms with Crippen LogP contribution < -0.4 is 0 Å². The predicted molar refractivity (Wildman–Crippen MR) is 97.5 cm³/mol. The van der Waals surface area contributed by atoms with E-state index in [2.05, 4.69) is 48.5 Å². The molecule has 0 spiro atoms. The smallest absolute Gasteiger partial charge is 0.152 e. The molecule has 0 N–H and O–H groups in total. The molecule has 0 aliphatic rings. The lowest BCUT2D eigenvalue weighted by Gasteiger charge is -2.08. The summed E-state index contributed by atoms with van der Waals surface area (Å²) < 4.78 is 5.79. The van der Waals surface area contributed by atoms with E-state index in [1.165, 1.54) is 5.56 Å². The summed E-state index contributed by atoms with van der Waals surface area (Å²) in [4.78, 5) is 4.82. The van der Waals surface area contributed by atoms with Crippen molar-refractivity contribution in [2.75, 3.05) is 0 Å². The maximum Gasteiger partial charge on any atom is 0.152 e. The number of nitrogens with zero attached hydrogens (tertiary/aromatic N) is 1. The minimum absolute atomic E-state index is 0.794. The van der Waals surface area contributed by atoms with Gasteiger partial charge in [0.15, 0.2) is 5.76 Å². The van der Waals surface area contributed by atoms with Crippen LogP contribution in [0.2, 0.25) is 0 Å². The van der Waals surface area contributed by atoms with Crippen molar-refractivity contribution in [3.05, 3.63) is 90.7 Å². The van der Waals surface area contributed by atoms with Gasteiger partial charge in [-0.3, -0.25) is 0 Å². The van der Waals surface area contributed by atoms with Crippen LogP contribution in [-0.4, -0.2) is 4.98 Å². The van der Waals surface area contributed by atoms with Crippen LogP contribution in [0.1, 0.15) is 5.76 Å². The molecule has 2 nitrogen and oxygen atoms in total. The Morgan fingerprint density at radius 2 is 1.25 bits per heavy atom. The molecule has 0 atom stereocenters. The normalized spacial score (nSPS) is 10.7. The van der Waals surface area contributed by atoms with E-state index in [1.807, 2.05) is 43.3 Å². The molecule has 24 heavy (non-hydrogen) atoms. The van der Waals surface area contributed by atoms with E-state index in [-0.39, 0.29) is 0 Å². The SMILES string of the molecule is Cc1ccc(-c2cc(-c3ccccc3)cc(-c3ccccc3)n2)o1. The molecule has 116 valence electrons. The zero-order chi connectivity index (χ0) is 16.4. The topological polar surface area (TPSA) is 26.0 Å². The van der Waals surface area contributed by atoms with Crippen LogP contribution in [0.25, 0.3) is 33.8 Å². The molecule has 0 unspecified atom stereocenters. The van der Waals surface area contributed by atoms with Crippen LogP contribution in [0.4, 0.5) is 0 Å². The fourth-order valence-corrected chi connectivity index (χ4v) is 2.78. The highest BCUT2D eigenvalue weighted by Crippen LogP contribution is 2.30. The Labute approximate surface area is 141 Å². The second-order valence-electron chi connectivity index (χ2n) is 5.77. The van der Waals surface area contributed by atoms with Gasteiger partial charge in [-0.25, -0.2) is 4.98 Å². The van der Waals surface area contributed by atoms with E-state index in [4.69, 9.17) is 9.40 Å². The molecule has 2 heterocycles. The standard InChI is InChI=1S/C22H17NO/c1-16-12-13-22(24-16)21-15-19(17-8-4-2-5-9-17)14-20(23-21)18-10-6-3-7-11-18/h2-15H,1H3. The first-order valence-corrected chi connectivity index (χ1v) is 7.99. The van der Waals surface area contributed by atoms with E-state index in [0.717, 1.165) is 34.0 Å². The molecular weight excluding hydrogens is 294 g/mol. The highest BCUT2D eigenvalue weighted by molar-refractivity contribution is 5.75. The quantitative estimate of drug-likeness (QED) is 0.465. The number of rotatable bonds is 3. The molecule has 2 aromatic heterocycles. The molecule has 0 fully saturated rings. The average Bonchev–Trinajstić information content (AvgIpc) is 3.09. The number of aryl methyl sites for hydroxylation is 1. The Balaban J connectivity index is 1.91. The van der Waals surface area contributed by atoms with Crippen molar-refractivity contribution < 1.29 is 4.42 Å². The number of hydrogen-bond acceptors (Lipinski definition) is 2. The summed E-state index contributed by atoms with van der Waals surface area (Å²) in [5, 5.41) is 0. The van der Waals surface area contributed by atoms with Gasteiger partial charge in [0.05, 0.1) is 5.69 Å². The van der Waals surface area contributed by atoms with E-state index in [1.54, 1.807) is 0 Å². The highest BCUT2D eigenvalue weighted by atomic mass is 16.3. The Morgan fingerprint density at radius 1 is 0.625 bits per heavy atom. The summed E-state index contributed by atoms with van der Waals surface area (Å²) in [6.45, 7) is 1.95. The third-order valence-corrected chi connectivity index (χ3v) is 3.99. The molecule has 0 bridgehead atoms. The largest absolute Gasteiger partial charge is 0.460 e. The average molecular weight is 311 g/mol. The van der Waals surface area contributed by atoms with Crippen LogP contribution in [0.3, 0.4) is 0 Å². The van der Waals surface area contributed by atoms with E-state index in [9.17, 15) is 0 Å². The van der Waals surface area contributed by atoms with Crippen LogP contribution in [0.15, 0.2) is 89.3 Å². The van der Waals surface area contributed by atoms with Crippen molar-refractivity contribution >= 4 is 0 Å². The second-order valence-corrected chi connectivity index (χ2v) is 5.77. The number of furan rings is 1. The minimum atomic E-state index is 0.794. The van der Waals surface area contributed by atoms with Crippen LogP contribution in [0.5, 0.6) is 0 Å². The molecule has 0 saturated carbocycles. The maximum absolute atomic E-state index is 5.79. The van der Waals surface area contributed by atoms with Gasteiger partial charge < -0.3 is 4.42 Å². The summed E-state index contributed by atoms with van der Waals surface area (Å²) in [7, 11) is 0. The van der Waals surface area contributed by atoms with Gasteiger partial charge in [-0.1, -0.05) is 60.7 Å². The third-order valence-electron chi connectivity index (χ3n) is 3.99. The zero-order valence-electron chi connectivity index (χ0n) is 13.4. The Kier molecular flexibility index (Phi) is 3.72. The molecule has 2 aromatic carbocycles. The highest BCUT2D eigenvalue weighted by Gasteiger charge is 2.10. The first-order chi connectivity index (χ1) is 11.8. The molecule has 0 aliphatic carbocycles. The van der Waals surface area contributed by atoms with Gasteiger partial charge in [0.1, 0.15) is 11.5 Å². The van der Waals surface area contributed by atoms with Crippen LogP contribution >= 0.6 is 0 Å². The van der Waals surface area contributed by atoms with Gasteiger partial charge in [0, 0.05) is 5.56 Å². The predicted octanol–water partition coefficient (Wildman–Crippen LogP) is 5.98. The Morgan fingerprint density at radius 3 is 1.88 bits per heavy atom. The van der Waals surface area contributed by atoms with Crippen molar-refractivity contribution in [1.29, 1.82) is 0 Å². The second kappa shape index (κ2) is 6.17. The van der Waals surface area contributed by atoms with E-state index < -0.39 is 0 Å². The van der Waals surface area contributed by atoms with Crippen molar-refractivity contribution in [3.8, 4) is 33.8 Å². The van der Waals surface area contributed by atoms with Gasteiger partial charge in [-0.2, -0.15) is 0 Å². The maximum atomic E-state index is 5.79. The first kappa shape index (κ1) is 14.5. The van der Waals surface area contributed by atoms with Crippen molar-refractivity contribution in [2.24, 2.45) is 0 Å². The molecule has 0 aliphatic heterocycles. The fourth-order valence-electron chi connectivity index (χ4n) is 2.78. The summed E-state index contributed by atoms with van der Waals surface area (Å²) in [6.07, 6.45) is 0. The van der Waals surface area contributed by atoms with E-state index >= 15 is 0 Å². The molecule has 2 heteroatoms. The third kappa shape index (κ3) is 2.86. The van der Waals surface area contributed by atoms with Crippen LogP contribution in [-0.2, 0) is 0 Å². The number of hydrogen-bond donors (Lipinski definition) is 0. The minimum Gasteiger partial charge on any atom is -0.460 e. The van der Waals surface area contributed by atoms with Gasteiger partial charge in [0.2, 0.25) is 0 Å². The zero-order valence-corrected chi connectivity index (χ0v) is 13.4. The molecule has 0 amide bonds.